The molecule has 1 amide bonds. The summed E-state index contributed by atoms with van der Waals surface area (Å²) < 4.78 is 23.9. The van der Waals surface area contributed by atoms with Gasteiger partial charge in [-0.15, -0.1) is 0 Å². The fourth-order valence-corrected chi connectivity index (χ4v) is 13.1. The van der Waals surface area contributed by atoms with Crippen LogP contribution in [0.15, 0.2) is 85.1 Å². The predicted molar refractivity (Wildman–Crippen MR) is 415 cm³/mol. The Hall–Kier alpha value is -2.32. The first-order valence-electron chi connectivity index (χ1n) is 41.0. The molecule has 3 atom stereocenters. The summed E-state index contributed by atoms with van der Waals surface area (Å²) in [5, 5.41) is 14.1. The van der Waals surface area contributed by atoms with Crippen molar-refractivity contribution in [3.63, 3.8) is 0 Å². The maximum atomic E-state index is 13.1. The average molecular weight is 1340 g/mol. The minimum atomic E-state index is -4.36. The molecule has 0 heterocycles. The number of aliphatic hydroxyl groups excluding tert-OH is 1. The summed E-state index contributed by atoms with van der Waals surface area (Å²) in [5.74, 6) is -0.170. The molecule has 0 aliphatic rings. The monoisotopic (exact) mass is 1340 g/mol. The highest BCUT2D eigenvalue weighted by Crippen LogP contribution is 2.43. The van der Waals surface area contributed by atoms with E-state index in [0.29, 0.717) is 17.4 Å². The standard InChI is InChI=1S/C85H159N2O6P/c1-6-8-10-12-14-16-18-20-22-24-26-28-30-32-34-36-38-39-40-41-42-43-44-45-46-47-49-51-53-55-57-59-61-63-65-67-69-71-73-75-77-79-85(89)86-83(82-93-94(90,91)92-81-80-87(3,4)5)84(88)78-76-74-72-70-68-66-64-62-60-58-56-54-52-50-48-37-35-33-31-29-27-25-23-21-19-17-15-13-11-9-7-2/h8,10,14,16,20,22,26,28,32,34,38-39,76,78,83-84,88H,6-7,9,11-13,15,17-19,21,23-25,27,29-31,33,35-37,40-75,77,79-82H2,1-5H3,(H-,86,89,90,91)/p+1/b10-8-,16-14-,22-20-,28-26-,34-32-,39-38-,78-76+. The fourth-order valence-electron chi connectivity index (χ4n) is 12.3. The Bertz CT molecular complexity index is 1820. The summed E-state index contributed by atoms with van der Waals surface area (Å²) in [4.78, 5) is 23.5. The molecule has 9 heteroatoms. The summed E-state index contributed by atoms with van der Waals surface area (Å²) in [6, 6.07) is -0.850. The Balaban J connectivity index is 3.94. The molecule has 0 aliphatic heterocycles. The Morgan fingerprint density at radius 2 is 0.638 bits per heavy atom. The number of quaternary nitrogens is 1. The van der Waals surface area contributed by atoms with Gasteiger partial charge >= 0.3 is 7.82 Å². The zero-order valence-corrected chi connectivity index (χ0v) is 64.1. The van der Waals surface area contributed by atoms with Gasteiger partial charge in [0.1, 0.15) is 13.2 Å². The molecule has 550 valence electrons. The first-order valence-corrected chi connectivity index (χ1v) is 42.5. The van der Waals surface area contributed by atoms with Gasteiger partial charge in [0.15, 0.2) is 0 Å². The Morgan fingerprint density at radius 1 is 0.372 bits per heavy atom. The lowest BCUT2D eigenvalue weighted by atomic mass is 10.0. The van der Waals surface area contributed by atoms with Crippen LogP contribution in [-0.4, -0.2) is 73.4 Å². The molecule has 94 heavy (non-hydrogen) atoms. The van der Waals surface area contributed by atoms with Crippen molar-refractivity contribution in [2.45, 2.75) is 411 Å². The third-order valence-electron chi connectivity index (χ3n) is 18.6. The number of rotatable bonds is 76. The van der Waals surface area contributed by atoms with E-state index in [2.05, 4.69) is 92.1 Å². The maximum Gasteiger partial charge on any atom is 0.472 e. The molecule has 0 aliphatic carbocycles. The number of allylic oxidation sites excluding steroid dienone is 13. The van der Waals surface area contributed by atoms with E-state index in [1.165, 1.54) is 302 Å². The number of likely N-dealkylation sites (N-methyl/N-ethyl adjacent to an activating group) is 1. The second-order valence-electron chi connectivity index (χ2n) is 29.1. The molecule has 0 saturated heterocycles. The smallest absolute Gasteiger partial charge is 0.387 e. The first kappa shape index (κ1) is 91.7. The molecule has 3 unspecified atom stereocenters. The zero-order valence-electron chi connectivity index (χ0n) is 63.2. The van der Waals surface area contributed by atoms with Gasteiger partial charge < -0.3 is 19.8 Å². The van der Waals surface area contributed by atoms with E-state index in [4.69, 9.17) is 9.05 Å². The molecule has 3 N–H and O–H groups in total. The third-order valence-corrected chi connectivity index (χ3v) is 19.6. The number of carbonyl (C=O) groups excluding carboxylic acids is 1. The van der Waals surface area contributed by atoms with Crippen molar-refractivity contribution in [3.05, 3.63) is 85.1 Å². The lowest BCUT2D eigenvalue weighted by Gasteiger charge is -2.25. The van der Waals surface area contributed by atoms with Gasteiger partial charge in [-0.1, -0.05) is 407 Å². The number of phosphoric acid groups is 1. The van der Waals surface area contributed by atoms with E-state index in [1.54, 1.807) is 6.08 Å². The van der Waals surface area contributed by atoms with E-state index in [9.17, 15) is 19.4 Å². The Labute approximate surface area is 586 Å². The molecule has 0 spiro atoms. The second-order valence-corrected chi connectivity index (χ2v) is 30.6. The van der Waals surface area contributed by atoms with Crippen LogP contribution in [0.3, 0.4) is 0 Å². The summed E-state index contributed by atoms with van der Waals surface area (Å²) in [7, 11) is 1.59. The average Bonchev–Trinajstić information content (AvgIpc) is 1.77. The minimum absolute atomic E-state index is 0.0620. The molecule has 0 radical (unpaired) electrons. The summed E-state index contributed by atoms with van der Waals surface area (Å²) in [5.41, 5.74) is 0. The molecule has 0 rings (SSSR count). The highest BCUT2D eigenvalue weighted by atomic mass is 31.2. The number of unbranched alkanes of at least 4 members (excludes halogenated alkanes) is 51. The van der Waals surface area contributed by atoms with E-state index < -0.39 is 20.0 Å². The highest BCUT2D eigenvalue weighted by Gasteiger charge is 2.28. The Kier molecular flexibility index (Phi) is 73.0. The van der Waals surface area contributed by atoms with E-state index in [0.717, 1.165) is 77.0 Å². The van der Waals surface area contributed by atoms with Crippen LogP contribution in [-0.2, 0) is 18.4 Å². The number of nitrogens with zero attached hydrogens (tertiary/aromatic N) is 1. The van der Waals surface area contributed by atoms with Crippen molar-refractivity contribution in [2.75, 3.05) is 40.9 Å². The molecule has 0 bridgehead atoms. The predicted octanol–water partition coefficient (Wildman–Crippen LogP) is 27.0. The van der Waals surface area contributed by atoms with Crippen LogP contribution in [0.4, 0.5) is 0 Å². The van der Waals surface area contributed by atoms with Crippen molar-refractivity contribution in [1.82, 2.24) is 5.32 Å². The van der Waals surface area contributed by atoms with Gasteiger partial charge in [-0.05, 0) is 70.6 Å². The maximum absolute atomic E-state index is 13.1. The summed E-state index contributed by atoms with van der Waals surface area (Å²) in [6.45, 7) is 4.76. The van der Waals surface area contributed by atoms with Crippen LogP contribution in [0, 0.1) is 0 Å². The zero-order chi connectivity index (χ0) is 68.3. The highest BCUT2D eigenvalue weighted by molar-refractivity contribution is 7.47. The van der Waals surface area contributed by atoms with Crippen molar-refractivity contribution >= 4 is 13.7 Å². The molecular weight excluding hydrogens is 1180 g/mol. The Morgan fingerprint density at radius 3 is 0.936 bits per heavy atom. The van der Waals surface area contributed by atoms with Crippen LogP contribution in [0.1, 0.15) is 399 Å². The van der Waals surface area contributed by atoms with E-state index >= 15 is 0 Å². The largest absolute Gasteiger partial charge is 0.472 e. The van der Waals surface area contributed by atoms with Crippen molar-refractivity contribution in [3.8, 4) is 0 Å². The number of aliphatic hydroxyl groups is 1. The van der Waals surface area contributed by atoms with E-state index in [1.807, 2.05) is 27.2 Å². The van der Waals surface area contributed by atoms with Crippen LogP contribution >= 0.6 is 7.82 Å². The first-order chi connectivity index (χ1) is 46.0. The molecule has 0 aromatic carbocycles. The van der Waals surface area contributed by atoms with Gasteiger partial charge in [0.2, 0.25) is 5.91 Å². The second kappa shape index (κ2) is 74.9. The van der Waals surface area contributed by atoms with Crippen LogP contribution < -0.4 is 5.32 Å². The summed E-state index contributed by atoms with van der Waals surface area (Å²) in [6.07, 6.45) is 108. The number of amides is 1. The van der Waals surface area contributed by atoms with Crippen LogP contribution in [0.2, 0.25) is 0 Å². The van der Waals surface area contributed by atoms with Crippen molar-refractivity contribution < 1.29 is 32.9 Å². The van der Waals surface area contributed by atoms with Gasteiger partial charge in [0.25, 0.3) is 0 Å². The van der Waals surface area contributed by atoms with Crippen molar-refractivity contribution in [1.29, 1.82) is 0 Å². The number of phosphoric ester groups is 1. The lowest BCUT2D eigenvalue weighted by molar-refractivity contribution is -0.870. The van der Waals surface area contributed by atoms with Crippen LogP contribution in [0.25, 0.3) is 0 Å². The van der Waals surface area contributed by atoms with Gasteiger partial charge in [-0.25, -0.2) is 4.57 Å². The van der Waals surface area contributed by atoms with Gasteiger partial charge in [0.05, 0.1) is 39.9 Å². The molecule has 0 aromatic rings. The fraction of sp³-hybridized carbons (Fsp3) is 0.824. The molecule has 0 saturated carbocycles. The molecule has 0 fully saturated rings. The number of carbonyl (C=O) groups is 1. The topological polar surface area (TPSA) is 105 Å². The summed E-state index contributed by atoms with van der Waals surface area (Å²) >= 11 is 0. The number of hydrogen-bond donors (Lipinski definition) is 3. The molecule has 8 nitrogen and oxygen atoms in total. The SMILES string of the molecule is CC/C=C\C/C=C\C/C=C\C/C=C\C/C=C\C/C=C\CCCCCCCCCCCCCCCCCCCCCCCCC(=O)NC(COP(=O)(O)OCC[N+](C)(C)C)C(O)/C=C/CCCCCCCCCCCCCCCCCCCCCCCCCCCCCCC. The van der Waals surface area contributed by atoms with E-state index in [-0.39, 0.29) is 19.1 Å². The minimum Gasteiger partial charge on any atom is -0.387 e. The number of nitrogens with one attached hydrogen (secondary N) is 1. The molecular formula is C85H160N2O6P+. The third kappa shape index (κ3) is 77.0. The van der Waals surface area contributed by atoms with Gasteiger partial charge in [0, 0.05) is 6.42 Å². The normalized spacial score (nSPS) is 13.9. The van der Waals surface area contributed by atoms with Gasteiger partial charge in [-0.2, -0.15) is 0 Å². The van der Waals surface area contributed by atoms with Crippen LogP contribution in [0.5, 0.6) is 0 Å². The quantitative estimate of drug-likeness (QED) is 0.0243. The van der Waals surface area contributed by atoms with Crippen molar-refractivity contribution in [2.24, 2.45) is 0 Å². The lowest BCUT2D eigenvalue weighted by Crippen LogP contribution is -2.45. The molecule has 0 aromatic heterocycles. The number of hydrogen-bond acceptors (Lipinski definition) is 5. The van der Waals surface area contributed by atoms with Gasteiger partial charge in [-0.3, -0.25) is 13.8 Å².